The molecule has 3 heteroatoms. The Morgan fingerprint density at radius 2 is 1.93 bits per heavy atom. The van der Waals surface area contributed by atoms with E-state index in [1.165, 1.54) is 41.7 Å². The monoisotopic (exact) mass is 390 g/mol. The quantitative estimate of drug-likeness (QED) is 0.643. The normalized spacial score (nSPS) is 38.7. The number of rotatable bonds is 2. The van der Waals surface area contributed by atoms with Gasteiger partial charge in [-0.1, -0.05) is 26.0 Å². The van der Waals surface area contributed by atoms with Gasteiger partial charge in [-0.15, -0.1) is 0 Å². The van der Waals surface area contributed by atoms with Gasteiger partial charge in [-0.05, 0) is 91.9 Å². The number of carbonyl (C=O) groups is 1. The van der Waals surface area contributed by atoms with Gasteiger partial charge in [0.25, 0.3) is 0 Å². The smallest absolute Gasteiger partial charge is 0.226 e. The second kappa shape index (κ2) is 6.55. The summed E-state index contributed by atoms with van der Waals surface area (Å²) in [5.74, 6) is 2.46. The maximum atomic E-state index is 12.5. The zero-order valence-corrected chi connectivity index (χ0v) is 18.4. The Morgan fingerprint density at radius 1 is 1.10 bits per heavy atom. The van der Waals surface area contributed by atoms with E-state index in [2.05, 4.69) is 62.0 Å². The number of aromatic nitrogens is 1. The highest BCUT2D eigenvalue weighted by Crippen LogP contribution is 2.66. The van der Waals surface area contributed by atoms with Gasteiger partial charge < -0.3 is 4.90 Å². The molecule has 0 bridgehead atoms. The van der Waals surface area contributed by atoms with Crippen LogP contribution in [0.25, 0.3) is 5.57 Å². The number of hydrogen-bond acceptors (Lipinski definition) is 2. The molecule has 154 valence electrons. The first-order valence-corrected chi connectivity index (χ1v) is 11.5. The van der Waals surface area contributed by atoms with Crippen molar-refractivity contribution in [2.45, 2.75) is 66.2 Å². The molecule has 1 aromatic rings. The highest BCUT2D eigenvalue weighted by atomic mass is 16.2. The summed E-state index contributed by atoms with van der Waals surface area (Å²) in [6.07, 6.45) is 15.6. The summed E-state index contributed by atoms with van der Waals surface area (Å²) in [7, 11) is 0. The van der Waals surface area contributed by atoms with Crippen LogP contribution in [-0.4, -0.2) is 22.3 Å². The predicted octanol–water partition coefficient (Wildman–Crippen LogP) is 5.76. The molecule has 0 N–H and O–H groups in total. The van der Waals surface area contributed by atoms with Gasteiger partial charge in [-0.3, -0.25) is 9.78 Å². The number of hydrogen-bond donors (Lipinski definition) is 0. The van der Waals surface area contributed by atoms with Crippen LogP contribution in [0.5, 0.6) is 0 Å². The van der Waals surface area contributed by atoms with E-state index in [9.17, 15) is 4.79 Å². The summed E-state index contributed by atoms with van der Waals surface area (Å²) >= 11 is 0. The molecule has 3 nitrogen and oxygen atoms in total. The number of allylic oxidation sites excluding steroid dienone is 4. The van der Waals surface area contributed by atoms with Crippen LogP contribution in [0.2, 0.25) is 0 Å². The van der Waals surface area contributed by atoms with Crippen LogP contribution in [0.1, 0.15) is 70.4 Å². The molecular weight excluding hydrogens is 356 g/mol. The van der Waals surface area contributed by atoms with Gasteiger partial charge in [-0.25, -0.2) is 0 Å². The third-order valence-corrected chi connectivity index (χ3v) is 8.96. The minimum atomic E-state index is 0.168. The summed E-state index contributed by atoms with van der Waals surface area (Å²) in [6.45, 7) is 10.0. The van der Waals surface area contributed by atoms with E-state index >= 15 is 0 Å². The number of pyridine rings is 1. The number of amides is 1. The van der Waals surface area contributed by atoms with Crippen molar-refractivity contribution < 1.29 is 4.79 Å². The van der Waals surface area contributed by atoms with Gasteiger partial charge in [0.05, 0.1) is 0 Å². The van der Waals surface area contributed by atoms with Crippen LogP contribution in [-0.2, 0) is 4.79 Å². The van der Waals surface area contributed by atoms with Gasteiger partial charge in [0.2, 0.25) is 5.91 Å². The van der Waals surface area contributed by atoms with Gasteiger partial charge in [0.1, 0.15) is 0 Å². The zero-order chi connectivity index (χ0) is 20.4. The Hall–Kier alpha value is -1.90. The van der Waals surface area contributed by atoms with E-state index in [1.807, 2.05) is 6.20 Å². The summed E-state index contributed by atoms with van der Waals surface area (Å²) in [5.41, 5.74) is 5.87. The van der Waals surface area contributed by atoms with Crippen molar-refractivity contribution in [1.29, 1.82) is 0 Å². The molecule has 29 heavy (non-hydrogen) atoms. The lowest BCUT2D eigenvalue weighted by atomic mass is 9.49. The van der Waals surface area contributed by atoms with Crippen molar-refractivity contribution >= 4 is 11.5 Å². The second-order valence-corrected chi connectivity index (χ2v) is 10.3. The van der Waals surface area contributed by atoms with E-state index in [4.69, 9.17) is 0 Å². The van der Waals surface area contributed by atoms with E-state index in [-0.39, 0.29) is 10.8 Å². The van der Waals surface area contributed by atoms with Crippen molar-refractivity contribution in [2.75, 3.05) is 6.54 Å². The molecule has 5 rings (SSSR count). The molecule has 2 heterocycles. The van der Waals surface area contributed by atoms with Crippen LogP contribution >= 0.6 is 0 Å². The summed E-state index contributed by atoms with van der Waals surface area (Å²) in [4.78, 5) is 19.1. The Morgan fingerprint density at radius 3 is 2.69 bits per heavy atom. The van der Waals surface area contributed by atoms with Crippen LogP contribution in [0.15, 0.2) is 36.3 Å². The van der Waals surface area contributed by atoms with Crippen molar-refractivity contribution in [2.24, 2.45) is 28.6 Å². The number of fused-ring (bicyclic) bond motifs is 5. The molecule has 1 amide bonds. The largest absolute Gasteiger partial charge is 0.316 e. The minimum Gasteiger partial charge on any atom is -0.316 e. The number of piperidine rings is 1. The molecule has 0 radical (unpaired) electrons. The first-order valence-electron chi connectivity index (χ1n) is 11.5. The SMILES string of the molecule is CCN1C(=O)CC[C@@]2(C)C1=CC[C@@H]1[C@@H]2CC[C@]2(C)C(c3cncc(C)c3)=CC[C@@H]12. The molecule has 3 aliphatic carbocycles. The summed E-state index contributed by atoms with van der Waals surface area (Å²) < 4.78 is 0. The highest BCUT2D eigenvalue weighted by Gasteiger charge is 2.57. The minimum absolute atomic E-state index is 0.168. The molecule has 0 spiro atoms. The molecule has 0 unspecified atom stereocenters. The third kappa shape index (κ3) is 2.62. The average molecular weight is 391 g/mol. The van der Waals surface area contributed by atoms with Crippen molar-refractivity contribution in [3.05, 3.63) is 47.4 Å². The molecule has 2 fully saturated rings. The predicted molar refractivity (Wildman–Crippen MR) is 117 cm³/mol. The lowest BCUT2D eigenvalue weighted by Crippen LogP contribution is -2.53. The van der Waals surface area contributed by atoms with Crippen LogP contribution < -0.4 is 0 Å². The van der Waals surface area contributed by atoms with E-state index < -0.39 is 0 Å². The Bertz CT molecular complexity index is 915. The maximum Gasteiger partial charge on any atom is 0.226 e. The molecule has 0 aromatic carbocycles. The number of nitrogens with zero attached hydrogens (tertiary/aromatic N) is 2. The average Bonchev–Trinajstić information content (AvgIpc) is 3.06. The first-order chi connectivity index (χ1) is 13.9. The Labute approximate surface area is 175 Å². The van der Waals surface area contributed by atoms with Crippen LogP contribution in [0, 0.1) is 35.5 Å². The van der Waals surface area contributed by atoms with E-state index in [0.29, 0.717) is 24.2 Å². The molecule has 4 aliphatic rings. The van der Waals surface area contributed by atoms with Gasteiger partial charge in [0.15, 0.2) is 0 Å². The molecule has 1 aromatic heterocycles. The maximum absolute atomic E-state index is 12.5. The van der Waals surface area contributed by atoms with E-state index in [0.717, 1.165) is 25.3 Å². The van der Waals surface area contributed by atoms with Crippen LogP contribution in [0.4, 0.5) is 0 Å². The van der Waals surface area contributed by atoms with Crippen molar-refractivity contribution in [1.82, 2.24) is 9.88 Å². The van der Waals surface area contributed by atoms with E-state index in [1.54, 1.807) is 0 Å². The first kappa shape index (κ1) is 19.1. The fourth-order valence-corrected chi connectivity index (χ4v) is 7.51. The van der Waals surface area contributed by atoms with Gasteiger partial charge >= 0.3 is 0 Å². The lowest BCUT2D eigenvalue weighted by Gasteiger charge is -2.58. The molecule has 5 atom stereocenters. The second-order valence-electron chi connectivity index (χ2n) is 10.3. The van der Waals surface area contributed by atoms with Crippen molar-refractivity contribution in [3.63, 3.8) is 0 Å². The topological polar surface area (TPSA) is 33.2 Å². The van der Waals surface area contributed by atoms with Gasteiger partial charge in [0, 0.05) is 36.5 Å². The fraction of sp³-hybridized carbons (Fsp3) is 0.615. The van der Waals surface area contributed by atoms with Crippen LogP contribution in [0.3, 0.4) is 0 Å². The zero-order valence-electron chi connectivity index (χ0n) is 18.4. The fourth-order valence-electron chi connectivity index (χ4n) is 7.51. The lowest BCUT2D eigenvalue weighted by molar-refractivity contribution is -0.136. The molecular formula is C26H34N2O. The number of carbonyl (C=O) groups excluding carboxylic acids is 1. The highest BCUT2D eigenvalue weighted by molar-refractivity contribution is 5.80. The number of aryl methyl sites for hydroxylation is 1. The molecule has 1 saturated carbocycles. The van der Waals surface area contributed by atoms with Crippen molar-refractivity contribution in [3.8, 4) is 0 Å². The number of likely N-dealkylation sites (tertiary alicyclic amines) is 1. The summed E-state index contributed by atoms with van der Waals surface area (Å²) in [6, 6.07) is 2.31. The summed E-state index contributed by atoms with van der Waals surface area (Å²) in [5, 5.41) is 0. The Balaban J connectivity index is 1.49. The van der Waals surface area contributed by atoms with Gasteiger partial charge in [-0.2, -0.15) is 0 Å². The molecule has 1 saturated heterocycles. The standard InChI is InChI=1S/C26H34N2O/c1-5-28-23-9-6-19-21-8-7-20(18-14-17(2)15-27-16-18)25(21,3)12-10-22(19)26(23,4)13-11-24(28)29/h7,9,14-16,19,21-22H,5-6,8,10-13H2,1-4H3/t19-,21-,22-,25+,26+/m0/s1. The third-order valence-electron chi connectivity index (χ3n) is 8.96. The molecule has 1 aliphatic heterocycles. The Kier molecular flexibility index (Phi) is 4.31.